The van der Waals surface area contributed by atoms with Crippen molar-refractivity contribution in [2.75, 3.05) is 6.54 Å². The summed E-state index contributed by atoms with van der Waals surface area (Å²) in [6.07, 6.45) is -0.703. The number of rotatable bonds is 5. The number of aliphatic hydroxyl groups excluding tert-OH is 1. The zero-order valence-corrected chi connectivity index (χ0v) is 10.7. The SMILES string of the molecule is CC(C)(NCC(O)c1ccc(Cl)cc1)C(N)=O. The third-order valence-corrected chi connectivity index (χ3v) is 2.86. The average molecular weight is 257 g/mol. The van der Waals surface area contributed by atoms with Crippen molar-refractivity contribution in [1.82, 2.24) is 5.32 Å². The first-order chi connectivity index (χ1) is 7.83. The topological polar surface area (TPSA) is 75.3 Å². The van der Waals surface area contributed by atoms with Crippen molar-refractivity contribution in [3.05, 3.63) is 34.9 Å². The van der Waals surface area contributed by atoms with Crippen LogP contribution in [0.4, 0.5) is 0 Å². The molecule has 4 N–H and O–H groups in total. The van der Waals surface area contributed by atoms with Crippen LogP contribution in [-0.2, 0) is 4.79 Å². The second kappa shape index (κ2) is 5.49. The molecule has 0 aromatic heterocycles. The lowest BCUT2D eigenvalue weighted by molar-refractivity contribution is -0.123. The highest BCUT2D eigenvalue weighted by molar-refractivity contribution is 6.30. The van der Waals surface area contributed by atoms with E-state index >= 15 is 0 Å². The molecule has 1 rings (SSSR count). The molecule has 0 fully saturated rings. The van der Waals surface area contributed by atoms with Crippen LogP contribution in [0.15, 0.2) is 24.3 Å². The number of amides is 1. The lowest BCUT2D eigenvalue weighted by Crippen LogP contribution is -2.51. The first kappa shape index (κ1) is 14.0. The van der Waals surface area contributed by atoms with E-state index in [2.05, 4.69) is 5.32 Å². The first-order valence-electron chi connectivity index (χ1n) is 5.31. The standard InChI is InChI=1S/C12H17ClN2O2/c1-12(2,11(14)17)15-7-10(16)8-3-5-9(13)6-4-8/h3-6,10,15-16H,7H2,1-2H3,(H2,14,17). The maximum atomic E-state index is 11.1. The van der Waals surface area contributed by atoms with Crippen molar-refractivity contribution in [2.45, 2.75) is 25.5 Å². The Morgan fingerprint density at radius 1 is 1.47 bits per heavy atom. The largest absolute Gasteiger partial charge is 0.387 e. The van der Waals surface area contributed by atoms with E-state index in [9.17, 15) is 9.90 Å². The Labute approximate surface area is 106 Å². The zero-order valence-electron chi connectivity index (χ0n) is 9.90. The third kappa shape index (κ3) is 4.00. The van der Waals surface area contributed by atoms with E-state index in [4.69, 9.17) is 17.3 Å². The highest BCUT2D eigenvalue weighted by Crippen LogP contribution is 2.16. The molecule has 1 unspecified atom stereocenters. The smallest absolute Gasteiger partial charge is 0.237 e. The molecule has 0 spiro atoms. The molecule has 0 saturated carbocycles. The van der Waals surface area contributed by atoms with Gasteiger partial charge in [-0.1, -0.05) is 23.7 Å². The number of carbonyl (C=O) groups excluding carboxylic acids is 1. The number of halogens is 1. The van der Waals surface area contributed by atoms with Crippen LogP contribution in [0.1, 0.15) is 25.5 Å². The minimum absolute atomic E-state index is 0.248. The summed E-state index contributed by atoms with van der Waals surface area (Å²) in [7, 11) is 0. The minimum atomic E-state index is -0.840. The summed E-state index contributed by atoms with van der Waals surface area (Å²) in [6, 6.07) is 6.90. The second-order valence-corrected chi connectivity index (χ2v) is 4.87. The number of nitrogens with two attached hydrogens (primary N) is 1. The molecule has 5 heteroatoms. The molecule has 0 radical (unpaired) electrons. The highest BCUT2D eigenvalue weighted by atomic mass is 35.5. The molecule has 0 aliphatic carbocycles. The van der Waals surface area contributed by atoms with Gasteiger partial charge in [-0.2, -0.15) is 0 Å². The molecule has 1 atom stereocenters. The van der Waals surface area contributed by atoms with Crippen LogP contribution < -0.4 is 11.1 Å². The Hall–Kier alpha value is -1.10. The van der Waals surface area contributed by atoms with Crippen molar-refractivity contribution in [3.63, 3.8) is 0 Å². The Bertz CT molecular complexity index is 390. The van der Waals surface area contributed by atoms with Gasteiger partial charge in [-0.3, -0.25) is 4.79 Å². The average Bonchev–Trinajstić information content (AvgIpc) is 2.27. The van der Waals surface area contributed by atoms with Gasteiger partial charge < -0.3 is 16.2 Å². The van der Waals surface area contributed by atoms with Gasteiger partial charge >= 0.3 is 0 Å². The van der Waals surface area contributed by atoms with Gasteiger partial charge in [-0.15, -0.1) is 0 Å². The minimum Gasteiger partial charge on any atom is -0.387 e. The van der Waals surface area contributed by atoms with Gasteiger partial charge in [0.05, 0.1) is 11.6 Å². The van der Waals surface area contributed by atoms with E-state index in [-0.39, 0.29) is 6.54 Å². The fraction of sp³-hybridized carbons (Fsp3) is 0.417. The number of carbonyl (C=O) groups is 1. The molecule has 0 aliphatic heterocycles. The van der Waals surface area contributed by atoms with Crippen LogP contribution in [0, 0.1) is 0 Å². The molecule has 17 heavy (non-hydrogen) atoms. The van der Waals surface area contributed by atoms with Gasteiger partial charge in [0, 0.05) is 11.6 Å². The van der Waals surface area contributed by atoms with Gasteiger partial charge in [0.15, 0.2) is 0 Å². The van der Waals surface area contributed by atoms with Crippen LogP contribution in [0.25, 0.3) is 0 Å². The quantitative estimate of drug-likeness (QED) is 0.742. The van der Waals surface area contributed by atoms with Crippen LogP contribution >= 0.6 is 11.6 Å². The number of nitrogens with one attached hydrogen (secondary N) is 1. The number of hydrogen-bond donors (Lipinski definition) is 3. The Morgan fingerprint density at radius 2 is 2.00 bits per heavy atom. The molecule has 4 nitrogen and oxygen atoms in total. The summed E-state index contributed by atoms with van der Waals surface area (Å²) in [5.41, 5.74) is 5.11. The summed E-state index contributed by atoms with van der Waals surface area (Å²) in [6.45, 7) is 3.59. The highest BCUT2D eigenvalue weighted by Gasteiger charge is 2.24. The van der Waals surface area contributed by atoms with Gasteiger partial charge in [-0.05, 0) is 31.5 Å². The van der Waals surface area contributed by atoms with Gasteiger partial charge in [0.2, 0.25) is 5.91 Å². The maximum absolute atomic E-state index is 11.1. The van der Waals surface area contributed by atoms with Crippen LogP contribution in [-0.4, -0.2) is 23.1 Å². The Morgan fingerprint density at radius 3 is 2.47 bits per heavy atom. The molecule has 0 heterocycles. The van der Waals surface area contributed by atoms with E-state index < -0.39 is 17.6 Å². The molecular weight excluding hydrogens is 240 g/mol. The Balaban J connectivity index is 2.58. The van der Waals surface area contributed by atoms with Crippen molar-refractivity contribution >= 4 is 17.5 Å². The summed E-state index contributed by atoms with van der Waals surface area (Å²) in [5.74, 6) is -0.458. The van der Waals surface area contributed by atoms with Crippen molar-refractivity contribution < 1.29 is 9.90 Å². The first-order valence-corrected chi connectivity index (χ1v) is 5.69. The second-order valence-electron chi connectivity index (χ2n) is 4.44. The maximum Gasteiger partial charge on any atom is 0.237 e. The van der Waals surface area contributed by atoms with Crippen LogP contribution in [0.3, 0.4) is 0 Å². The fourth-order valence-corrected chi connectivity index (χ4v) is 1.37. The molecule has 0 bridgehead atoms. The van der Waals surface area contributed by atoms with E-state index in [1.54, 1.807) is 38.1 Å². The lowest BCUT2D eigenvalue weighted by atomic mass is 10.0. The van der Waals surface area contributed by atoms with Crippen LogP contribution in [0.5, 0.6) is 0 Å². The molecular formula is C12H17ClN2O2. The van der Waals surface area contributed by atoms with Gasteiger partial charge in [0.1, 0.15) is 0 Å². The predicted octanol–water partition coefficient (Wildman–Crippen LogP) is 1.23. The number of benzene rings is 1. The predicted molar refractivity (Wildman–Crippen MR) is 67.7 cm³/mol. The van der Waals surface area contributed by atoms with Gasteiger partial charge in [0.25, 0.3) is 0 Å². The Kier molecular flexibility index (Phi) is 4.51. The van der Waals surface area contributed by atoms with E-state index in [1.165, 1.54) is 0 Å². The molecule has 0 saturated heterocycles. The lowest BCUT2D eigenvalue weighted by Gasteiger charge is -2.24. The van der Waals surface area contributed by atoms with E-state index in [1.807, 2.05) is 0 Å². The summed E-state index contributed by atoms with van der Waals surface area (Å²) >= 11 is 5.75. The number of primary amides is 1. The summed E-state index contributed by atoms with van der Waals surface area (Å²) in [5, 5.41) is 13.4. The van der Waals surface area contributed by atoms with Gasteiger partial charge in [-0.25, -0.2) is 0 Å². The van der Waals surface area contributed by atoms with Crippen LogP contribution in [0.2, 0.25) is 5.02 Å². The van der Waals surface area contributed by atoms with E-state index in [0.29, 0.717) is 5.02 Å². The summed E-state index contributed by atoms with van der Waals surface area (Å²) in [4.78, 5) is 11.1. The number of aliphatic hydroxyl groups is 1. The third-order valence-electron chi connectivity index (χ3n) is 2.61. The molecule has 1 amide bonds. The normalized spacial score (nSPS) is 13.4. The van der Waals surface area contributed by atoms with Crippen molar-refractivity contribution in [1.29, 1.82) is 0 Å². The molecule has 1 aromatic carbocycles. The monoisotopic (exact) mass is 256 g/mol. The van der Waals surface area contributed by atoms with E-state index in [0.717, 1.165) is 5.56 Å². The molecule has 94 valence electrons. The zero-order chi connectivity index (χ0) is 13.1. The fourth-order valence-electron chi connectivity index (χ4n) is 1.24. The molecule has 1 aromatic rings. The number of β-amino-alcohol motifs (C(OH)–C–C–N with tert-alkyl or cyclic N) is 1. The molecule has 0 aliphatic rings. The summed E-state index contributed by atoms with van der Waals surface area (Å²) < 4.78 is 0. The number of hydrogen-bond acceptors (Lipinski definition) is 3. The van der Waals surface area contributed by atoms with Crippen molar-refractivity contribution in [3.8, 4) is 0 Å². The van der Waals surface area contributed by atoms with Crippen molar-refractivity contribution in [2.24, 2.45) is 5.73 Å².